The van der Waals surface area contributed by atoms with Gasteiger partial charge in [-0.15, -0.1) is 0 Å². The van der Waals surface area contributed by atoms with E-state index in [4.69, 9.17) is 19.2 Å². The molecule has 3 aromatic rings. The molecule has 0 radical (unpaired) electrons. The van der Waals surface area contributed by atoms with Gasteiger partial charge in [-0.2, -0.15) is 10.1 Å². The molecule has 4 aliphatic rings. The lowest BCUT2D eigenvalue weighted by Gasteiger charge is -2.42. The van der Waals surface area contributed by atoms with Crippen LogP contribution in [0.1, 0.15) is 77.5 Å². The summed E-state index contributed by atoms with van der Waals surface area (Å²) in [4.78, 5) is 22.2. The average Bonchev–Trinajstić information content (AvgIpc) is 3.53. The van der Waals surface area contributed by atoms with Gasteiger partial charge >= 0.3 is 6.09 Å². The van der Waals surface area contributed by atoms with Crippen molar-refractivity contribution < 1.29 is 19.0 Å². The van der Waals surface area contributed by atoms with Gasteiger partial charge in [-0.25, -0.2) is 9.48 Å². The van der Waals surface area contributed by atoms with Crippen LogP contribution >= 0.6 is 0 Å². The molecular formula is C34H43N5O4. The van der Waals surface area contributed by atoms with E-state index in [-0.39, 0.29) is 24.4 Å². The number of carbonyl (C=O) groups excluding carboxylic acids is 1. The molecule has 9 heteroatoms. The minimum absolute atomic E-state index is 0.0367. The monoisotopic (exact) mass is 585 g/mol. The second kappa shape index (κ2) is 11.2. The van der Waals surface area contributed by atoms with Crippen LogP contribution in [0.4, 0.5) is 10.6 Å². The SMILES string of the molecule is CN(c1ccc2c(n1)OCCc1cc(-c3cnn(C4CCCCO4)c3)ccc1-2)C1CC2CCC(C1)N2C(=O)OC(C)(C)C. The molecule has 3 atom stereocenters. The predicted octanol–water partition coefficient (Wildman–Crippen LogP) is 6.61. The van der Waals surface area contributed by atoms with Crippen molar-refractivity contribution in [3.63, 3.8) is 0 Å². The van der Waals surface area contributed by atoms with E-state index in [1.54, 1.807) is 0 Å². The zero-order chi connectivity index (χ0) is 29.7. The number of hydrogen-bond donors (Lipinski definition) is 0. The molecule has 1 amide bonds. The second-order valence-corrected chi connectivity index (χ2v) is 13.5. The van der Waals surface area contributed by atoms with Gasteiger partial charge in [0.25, 0.3) is 0 Å². The Hall–Kier alpha value is -3.59. The molecule has 9 nitrogen and oxygen atoms in total. The summed E-state index contributed by atoms with van der Waals surface area (Å²) < 4.78 is 19.9. The average molecular weight is 586 g/mol. The first-order valence-corrected chi connectivity index (χ1v) is 15.9. The number of aromatic nitrogens is 3. The highest BCUT2D eigenvalue weighted by Gasteiger charge is 2.46. The Morgan fingerprint density at radius 2 is 1.79 bits per heavy atom. The molecule has 3 saturated heterocycles. The van der Waals surface area contributed by atoms with E-state index in [1.807, 2.05) is 36.5 Å². The van der Waals surface area contributed by atoms with E-state index in [2.05, 4.69) is 53.6 Å². The van der Waals surface area contributed by atoms with Gasteiger partial charge in [-0.3, -0.25) is 0 Å². The number of anilines is 1. The molecule has 3 fully saturated rings. The number of ether oxygens (including phenoxy) is 3. The summed E-state index contributed by atoms with van der Waals surface area (Å²) >= 11 is 0. The molecule has 0 aliphatic carbocycles. The van der Waals surface area contributed by atoms with E-state index in [0.29, 0.717) is 18.5 Å². The van der Waals surface area contributed by atoms with E-state index >= 15 is 0 Å². The van der Waals surface area contributed by atoms with Gasteiger partial charge in [-0.1, -0.05) is 18.2 Å². The maximum Gasteiger partial charge on any atom is 0.410 e. The summed E-state index contributed by atoms with van der Waals surface area (Å²) in [6.07, 6.45) is 11.9. The van der Waals surface area contributed by atoms with Crippen LogP contribution in [0.5, 0.6) is 5.88 Å². The van der Waals surface area contributed by atoms with Crippen molar-refractivity contribution in [1.82, 2.24) is 19.7 Å². The summed E-state index contributed by atoms with van der Waals surface area (Å²) in [5.74, 6) is 1.60. The molecule has 2 aromatic heterocycles. The number of hydrogen-bond acceptors (Lipinski definition) is 7. The van der Waals surface area contributed by atoms with Gasteiger partial charge in [0.2, 0.25) is 5.88 Å². The fraction of sp³-hybridized carbons (Fsp3) is 0.559. The van der Waals surface area contributed by atoms with E-state index < -0.39 is 5.60 Å². The third kappa shape index (κ3) is 5.59. The molecule has 1 aromatic carbocycles. The topological polar surface area (TPSA) is 82.0 Å². The first kappa shape index (κ1) is 28.2. The van der Waals surface area contributed by atoms with Gasteiger partial charge in [0.1, 0.15) is 17.6 Å². The molecule has 2 bridgehead atoms. The Morgan fingerprint density at radius 3 is 2.53 bits per heavy atom. The Balaban J connectivity index is 1.08. The molecule has 3 unspecified atom stereocenters. The van der Waals surface area contributed by atoms with Crippen molar-refractivity contribution in [2.75, 3.05) is 25.2 Å². The van der Waals surface area contributed by atoms with Crippen molar-refractivity contribution in [3.8, 4) is 28.1 Å². The second-order valence-electron chi connectivity index (χ2n) is 13.5. The number of rotatable bonds is 4. The van der Waals surface area contributed by atoms with Crippen molar-refractivity contribution in [3.05, 3.63) is 48.3 Å². The third-order valence-corrected chi connectivity index (χ3v) is 9.46. The number of fused-ring (bicyclic) bond motifs is 5. The molecule has 228 valence electrons. The van der Waals surface area contributed by atoms with E-state index in [9.17, 15) is 4.79 Å². The number of carbonyl (C=O) groups is 1. The van der Waals surface area contributed by atoms with Gasteiger partial charge in [-0.05, 0) is 94.5 Å². The van der Waals surface area contributed by atoms with Crippen molar-refractivity contribution >= 4 is 11.9 Å². The number of pyridine rings is 1. The minimum atomic E-state index is -0.483. The normalized spacial score (nSPS) is 24.9. The minimum Gasteiger partial charge on any atom is -0.477 e. The molecule has 4 aliphatic heterocycles. The lowest BCUT2D eigenvalue weighted by atomic mass is 9.95. The summed E-state index contributed by atoms with van der Waals surface area (Å²) in [5.41, 5.74) is 5.23. The first-order chi connectivity index (χ1) is 20.7. The maximum atomic E-state index is 12.9. The van der Waals surface area contributed by atoms with Crippen LogP contribution in [0.3, 0.4) is 0 Å². The van der Waals surface area contributed by atoms with Crippen molar-refractivity contribution in [2.45, 2.75) is 102 Å². The molecule has 43 heavy (non-hydrogen) atoms. The van der Waals surface area contributed by atoms with E-state index in [1.165, 1.54) is 17.5 Å². The predicted molar refractivity (Wildman–Crippen MR) is 165 cm³/mol. The first-order valence-electron chi connectivity index (χ1n) is 15.9. The number of amides is 1. The fourth-order valence-electron chi connectivity index (χ4n) is 7.28. The summed E-state index contributed by atoms with van der Waals surface area (Å²) in [6.45, 7) is 7.17. The quantitative estimate of drug-likeness (QED) is 0.341. The highest BCUT2D eigenvalue weighted by Crippen LogP contribution is 2.41. The van der Waals surface area contributed by atoms with Gasteiger partial charge < -0.3 is 24.0 Å². The van der Waals surface area contributed by atoms with Crippen LogP contribution < -0.4 is 9.64 Å². The third-order valence-electron chi connectivity index (χ3n) is 9.46. The summed E-state index contributed by atoms with van der Waals surface area (Å²) in [6, 6.07) is 11.6. The van der Waals surface area contributed by atoms with Crippen LogP contribution in [0, 0.1) is 0 Å². The molecule has 0 saturated carbocycles. The highest BCUT2D eigenvalue weighted by atomic mass is 16.6. The van der Waals surface area contributed by atoms with Gasteiger partial charge in [0, 0.05) is 55.5 Å². The Labute approximate surface area is 254 Å². The largest absolute Gasteiger partial charge is 0.477 e. The molecule has 7 rings (SSSR count). The van der Waals surface area contributed by atoms with Gasteiger partial charge in [0.15, 0.2) is 0 Å². The molecule has 0 spiro atoms. The Morgan fingerprint density at radius 1 is 1.00 bits per heavy atom. The van der Waals surface area contributed by atoms with Crippen LogP contribution in [0.25, 0.3) is 22.3 Å². The zero-order valence-corrected chi connectivity index (χ0v) is 25.8. The summed E-state index contributed by atoms with van der Waals surface area (Å²) in [7, 11) is 2.12. The van der Waals surface area contributed by atoms with Crippen LogP contribution in [-0.2, 0) is 15.9 Å². The standard InChI is InChI=1S/C34H43N5O4/c1-34(2,3)43-33(40)39-25-9-10-26(39)19-27(18-25)37(4)30-13-12-29-28-11-8-22(17-23(28)14-16-42-32(29)36-30)24-20-35-38(21-24)31-7-5-6-15-41-31/h8,11-13,17,20-21,25-27,31H,5-7,9-10,14-16,18-19H2,1-4H3. The zero-order valence-electron chi connectivity index (χ0n) is 25.8. The molecule has 0 N–H and O–H groups in total. The van der Waals surface area contributed by atoms with Crippen molar-refractivity contribution in [2.24, 2.45) is 0 Å². The van der Waals surface area contributed by atoms with Crippen LogP contribution in [0.15, 0.2) is 42.7 Å². The lowest BCUT2D eigenvalue weighted by molar-refractivity contribution is -0.0394. The number of piperidine rings is 1. The number of nitrogens with zero attached hydrogens (tertiary/aromatic N) is 5. The van der Waals surface area contributed by atoms with E-state index in [0.717, 1.165) is 74.1 Å². The van der Waals surface area contributed by atoms with Crippen molar-refractivity contribution in [1.29, 1.82) is 0 Å². The maximum absolute atomic E-state index is 12.9. The van der Waals surface area contributed by atoms with Crippen LogP contribution in [-0.4, -0.2) is 69.7 Å². The highest BCUT2D eigenvalue weighted by molar-refractivity contribution is 5.77. The molecular weight excluding hydrogens is 542 g/mol. The lowest BCUT2D eigenvalue weighted by Crippen LogP contribution is -2.53. The smallest absolute Gasteiger partial charge is 0.410 e. The Kier molecular flexibility index (Phi) is 7.32. The Bertz CT molecular complexity index is 1480. The fourth-order valence-corrected chi connectivity index (χ4v) is 7.28. The summed E-state index contributed by atoms with van der Waals surface area (Å²) in [5, 5.41) is 4.61. The van der Waals surface area contributed by atoms with Crippen LogP contribution in [0.2, 0.25) is 0 Å². The molecule has 6 heterocycles. The van der Waals surface area contributed by atoms with Gasteiger partial charge in [0.05, 0.1) is 12.8 Å². The number of benzene rings is 1.